The summed E-state index contributed by atoms with van der Waals surface area (Å²) in [6, 6.07) is 9.52. The van der Waals surface area contributed by atoms with E-state index in [0.29, 0.717) is 16.9 Å². The average Bonchev–Trinajstić information content (AvgIpc) is 3.01. The quantitative estimate of drug-likeness (QED) is 0.721. The topological polar surface area (TPSA) is 51.0 Å². The zero-order chi connectivity index (χ0) is 13.2. The van der Waals surface area contributed by atoms with Crippen molar-refractivity contribution < 1.29 is 4.42 Å². The number of benzene rings is 1. The van der Waals surface area contributed by atoms with Gasteiger partial charge in [-0.3, -0.25) is 0 Å². The van der Waals surface area contributed by atoms with Gasteiger partial charge in [0, 0.05) is 10.7 Å². The van der Waals surface area contributed by atoms with Crippen molar-refractivity contribution in [2.45, 2.75) is 0 Å². The Hall–Kier alpha value is -1.37. The van der Waals surface area contributed by atoms with Crippen molar-refractivity contribution in [2.75, 3.05) is 5.32 Å². The Bertz CT molecular complexity index is 695. The van der Waals surface area contributed by atoms with Crippen molar-refractivity contribution in [3.8, 4) is 11.5 Å². The van der Waals surface area contributed by atoms with Crippen molar-refractivity contribution in [3.63, 3.8) is 0 Å². The molecule has 0 saturated heterocycles. The van der Waals surface area contributed by atoms with Crippen molar-refractivity contribution in [3.05, 3.63) is 44.5 Å². The van der Waals surface area contributed by atoms with Crippen LogP contribution >= 0.6 is 38.9 Å². The molecule has 3 rings (SSSR count). The van der Waals surface area contributed by atoms with E-state index >= 15 is 0 Å². The number of nitrogens with zero attached hydrogens (tertiary/aromatic N) is 2. The Kier molecular flexibility index (Phi) is 3.54. The maximum Gasteiger partial charge on any atom is 0.320 e. The predicted molar refractivity (Wildman–Crippen MR) is 80.0 cm³/mol. The lowest BCUT2D eigenvalue weighted by Crippen LogP contribution is -1.89. The summed E-state index contributed by atoms with van der Waals surface area (Å²) in [4.78, 5) is 0. The Morgan fingerprint density at radius 3 is 2.63 bits per heavy atom. The summed E-state index contributed by atoms with van der Waals surface area (Å²) in [6.07, 6.45) is 0. The van der Waals surface area contributed by atoms with E-state index in [2.05, 4.69) is 31.4 Å². The van der Waals surface area contributed by atoms with Crippen LogP contribution in [0.4, 0.5) is 11.7 Å². The van der Waals surface area contributed by atoms with Gasteiger partial charge in [0.05, 0.1) is 9.35 Å². The molecule has 0 amide bonds. The van der Waals surface area contributed by atoms with Crippen LogP contribution in [0.15, 0.2) is 43.9 Å². The van der Waals surface area contributed by atoms with E-state index in [1.54, 1.807) is 23.5 Å². The summed E-state index contributed by atoms with van der Waals surface area (Å²) >= 11 is 10.8. The fourth-order valence-electron chi connectivity index (χ4n) is 1.49. The first-order chi connectivity index (χ1) is 9.22. The fraction of sp³-hybridized carbons (Fsp3) is 0. The number of aromatic nitrogens is 2. The van der Waals surface area contributed by atoms with Crippen LogP contribution in [0.5, 0.6) is 0 Å². The van der Waals surface area contributed by atoms with Crippen molar-refractivity contribution in [1.82, 2.24) is 10.2 Å². The molecular formula is C12H7BrClN3OS. The molecule has 2 heterocycles. The lowest BCUT2D eigenvalue weighted by molar-refractivity contribution is 0.587. The van der Waals surface area contributed by atoms with Crippen LogP contribution in [0, 0.1) is 0 Å². The highest BCUT2D eigenvalue weighted by molar-refractivity contribution is 9.11. The molecule has 7 heteroatoms. The largest absolute Gasteiger partial charge is 0.403 e. The normalized spacial score (nSPS) is 10.6. The number of rotatable bonds is 3. The highest BCUT2D eigenvalue weighted by Gasteiger charge is 2.12. The van der Waals surface area contributed by atoms with Crippen LogP contribution in [0.25, 0.3) is 11.5 Å². The molecule has 0 aliphatic carbocycles. The van der Waals surface area contributed by atoms with Gasteiger partial charge >= 0.3 is 6.01 Å². The van der Waals surface area contributed by atoms with E-state index in [1.807, 2.05) is 23.6 Å². The second-order valence-corrected chi connectivity index (χ2v) is 6.32. The summed E-state index contributed by atoms with van der Waals surface area (Å²) in [6.45, 7) is 0. The van der Waals surface area contributed by atoms with E-state index in [9.17, 15) is 0 Å². The standard InChI is InChI=1S/C12H7BrClN3OS/c13-10-9(5-6-19-10)11-16-17-12(18-11)15-8-3-1-7(14)2-4-8/h1-6H,(H,15,17). The van der Waals surface area contributed by atoms with E-state index < -0.39 is 0 Å². The van der Waals surface area contributed by atoms with E-state index in [-0.39, 0.29) is 0 Å². The second-order valence-electron chi connectivity index (χ2n) is 3.65. The second kappa shape index (κ2) is 5.32. The van der Waals surface area contributed by atoms with E-state index in [4.69, 9.17) is 16.0 Å². The van der Waals surface area contributed by atoms with Gasteiger partial charge in [-0.25, -0.2) is 0 Å². The minimum atomic E-state index is 0.343. The molecule has 0 radical (unpaired) electrons. The van der Waals surface area contributed by atoms with Crippen LogP contribution in [-0.2, 0) is 0 Å². The number of hydrogen-bond donors (Lipinski definition) is 1. The molecule has 0 bridgehead atoms. The molecule has 19 heavy (non-hydrogen) atoms. The number of hydrogen-bond acceptors (Lipinski definition) is 5. The molecule has 0 aliphatic rings. The summed E-state index contributed by atoms with van der Waals surface area (Å²) < 4.78 is 6.52. The van der Waals surface area contributed by atoms with Crippen LogP contribution in [0.2, 0.25) is 5.02 Å². The third-order valence-electron chi connectivity index (χ3n) is 2.37. The van der Waals surface area contributed by atoms with Gasteiger partial charge in [0.2, 0.25) is 0 Å². The highest BCUT2D eigenvalue weighted by atomic mass is 79.9. The zero-order valence-electron chi connectivity index (χ0n) is 9.43. The van der Waals surface area contributed by atoms with Crippen LogP contribution in [0.1, 0.15) is 0 Å². The molecule has 1 aromatic carbocycles. The molecule has 0 spiro atoms. The number of thiophene rings is 1. The van der Waals surface area contributed by atoms with Crippen molar-refractivity contribution in [2.24, 2.45) is 0 Å². The summed E-state index contributed by atoms with van der Waals surface area (Å²) in [5.41, 5.74) is 1.73. The molecule has 0 fully saturated rings. The van der Waals surface area contributed by atoms with E-state index in [1.165, 1.54) is 0 Å². The zero-order valence-corrected chi connectivity index (χ0v) is 12.6. The maximum absolute atomic E-state index is 5.82. The first-order valence-corrected chi connectivity index (χ1v) is 7.37. The molecule has 0 aliphatic heterocycles. The molecule has 0 saturated carbocycles. The molecule has 0 atom stereocenters. The summed E-state index contributed by atoms with van der Waals surface area (Å²) in [5.74, 6) is 0.476. The molecular weight excluding hydrogens is 350 g/mol. The Labute approximate surface area is 126 Å². The lowest BCUT2D eigenvalue weighted by atomic mass is 10.3. The third kappa shape index (κ3) is 2.80. The SMILES string of the molecule is Clc1ccc(Nc2nnc(-c3ccsc3Br)o2)cc1. The smallest absolute Gasteiger partial charge is 0.320 e. The summed E-state index contributed by atoms with van der Waals surface area (Å²) in [5, 5.41) is 13.6. The van der Waals surface area contributed by atoms with Gasteiger partial charge < -0.3 is 9.73 Å². The van der Waals surface area contributed by atoms with Gasteiger partial charge in [-0.2, -0.15) is 0 Å². The lowest BCUT2D eigenvalue weighted by Gasteiger charge is -2.00. The monoisotopic (exact) mass is 355 g/mol. The molecule has 4 nitrogen and oxygen atoms in total. The van der Waals surface area contributed by atoms with Crippen LogP contribution < -0.4 is 5.32 Å². The number of halogens is 2. The van der Waals surface area contributed by atoms with Crippen molar-refractivity contribution >= 4 is 50.6 Å². The van der Waals surface area contributed by atoms with Gasteiger partial charge in [-0.15, -0.1) is 16.4 Å². The first-order valence-electron chi connectivity index (χ1n) is 5.32. The van der Waals surface area contributed by atoms with Gasteiger partial charge in [-0.05, 0) is 51.6 Å². The first kappa shape index (κ1) is 12.7. The molecule has 0 unspecified atom stereocenters. The molecule has 2 aromatic heterocycles. The summed E-state index contributed by atoms with van der Waals surface area (Å²) in [7, 11) is 0. The average molecular weight is 357 g/mol. The minimum Gasteiger partial charge on any atom is -0.403 e. The van der Waals surface area contributed by atoms with Gasteiger partial charge in [0.25, 0.3) is 5.89 Å². The van der Waals surface area contributed by atoms with Gasteiger partial charge in [-0.1, -0.05) is 16.7 Å². The number of nitrogens with one attached hydrogen (secondary N) is 1. The van der Waals surface area contributed by atoms with Crippen LogP contribution in [0.3, 0.4) is 0 Å². The molecule has 1 N–H and O–H groups in total. The Morgan fingerprint density at radius 1 is 1.16 bits per heavy atom. The van der Waals surface area contributed by atoms with E-state index in [0.717, 1.165) is 15.0 Å². The fourth-order valence-corrected chi connectivity index (χ4v) is 2.84. The Balaban J connectivity index is 1.82. The Morgan fingerprint density at radius 2 is 1.95 bits per heavy atom. The predicted octanol–water partition coefficient (Wildman–Crippen LogP) is 4.96. The third-order valence-corrected chi connectivity index (χ3v) is 4.31. The minimum absolute atomic E-state index is 0.343. The van der Waals surface area contributed by atoms with Crippen LogP contribution in [-0.4, -0.2) is 10.2 Å². The van der Waals surface area contributed by atoms with Gasteiger partial charge in [0.1, 0.15) is 0 Å². The van der Waals surface area contributed by atoms with Crippen molar-refractivity contribution in [1.29, 1.82) is 0 Å². The molecule has 96 valence electrons. The highest BCUT2D eigenvalue weighted by Crippen LogP contribution is 2.32. The number of anilines is 2. The van der Waals surface area contributed by atoms with Gasteiger partial charge in [0.15, 0.2) is 0 Å². The maximum atomic E-state index is 5.82. The molecule has 3 aromatic rings.